The molecular weight excluding hydrogens is 218 g/mol. The first kappa shape index (κ1) is 16.6. The van der Waals surface area contributed by atoms with E-state index in [1.165, 1.54) is 0 Å². The Morgan fingerprint density at radius 1 is 1.35 bits per heavy atom. The average molecular weight is 245 g/mol. The number of aliphatic hydroxyl groups excluding tert-OH is 1. The molecule has 0 aliphatic heterocycles. The van der Waals surface area contributed by atoms with Gasteiger partial charge in [0.05, 0.1) is 6.61 Å². The quantitative estimate of drug-likeness (QED) is 0.670. The van der Waals surface area contributed by atoms with Gasteiger partial charge in [-0.25, -0.2) is 0 Å². The van der Waals surface area contributed by atoms with Crippen LogP contribution in [0.15, 0.2) is 0 Å². The molecule has 0 bridgehead atoms. The lowest BCUT2D eigenvalue weighted by Gasteiger charge is -2.33. The van der Waals surface area contributed by atoms with E-state index in [2.05, 4.69) is 0 Å². The van der Waals surface area contributed by atoms with E-state index in [9.17, 15) is 4.79 Å². The third kappa shape index (κ3) is 6.15. The van der Waals surface area contributed by atoms with Crippen molar-refractivity contribution in [2.75, 3.05) is 13.2 Å². The minimum Gasteiger partial charge on any atom is -0.396 e. The number of ether oxygens (including phenoxy) is 1. The highest BCUT2D eigenvalue weighted by molar-refractivity contribution is 5.81. The first-order chi connectivity index (χ1) is 7.64. The molecule has 3 N–H and O–H groups in total. The molecule has 0 saturated heterocycles. The average Bonchev–Trinajstić information content (AvgIpc) is 2.16. The maximum absolute atomic E-state index is 11.9. The summed E-state index contributed by atoms with van der Waals surface area (Å²) in [5.74, 6) is -0.198. The van der Waals surface area contributed by atoms with Gasteiger partial charge in [0.25, 0.3) is 0 Å². The third-order valence-electron chi connectivity index (χ3n) is 3.07. The Morgan fingerprint density at radius 3 is 2.24 bits per heavy atom. The second kappa shape index (κ2) is 6.47. The lowest BCUT2D eigenvalue weighted by Crippen LogP contribution is -2.43. The second-order valence-electron chi connectivity index (χ2n) is 5.84. The summed E-state index contributed by atoms with van der Waals surface area (Å²) in [5.41, 5.74) is 5.02. The number of Topliss-reactive ketones (excluding diaryl/α,β-unsaturated/α-hetero) is 1. The van der Waals surface area contributed by atoms with Crippen molar-refractivity contribution in [2.24, 2.45) is 17.1 Å². The van der Waals surface area contributed by atoms with Crippen LogP contribution < -0.4 is 5.73 Å². The maximum Gasteiger partial charge on any atom is 0.141 e. The number of hydrogen-bond donors (Lipinski definition) is 2. The van der Waals surface area contributed by atoms with Gasteiger partial charge in [-0.15, -0.1) is 0 Å². The molecule has 0 heterocycles. The van der Waals surface area contributed by atoms with E-state index in [1.807, 2.05) is 34.6 Å². The molecule has 0 radical (unpaired) electrons. The van der Waals surface area contributed by atoms with Crippen molar-refractivity contribution in [1.82, 2.24) is 0 Å². The highest BCUT2D eigenvalue weighted by Crippen LogP contribution is 2.29. The molecule has 0 aromatic rings. The molecule has 0 amide bonds. The van der Waals surface area contributed by atoms with Crippen molar-refractivity contribution in [3.8, 4) is 0 Å². The lowest BCUT2D eigenvalue weighted by molar-refractivity contribution is -0.134. The van der Waals surface area contributed by atoms with Gasteiger partial charge in [-0.1, -0.05) is 27.7 Å². The molecule has 4 nitrogen and oxygen atoms in total. The van der Waals surface area contributed by atoms with Crippen LogP contribution in [0.25, 0.3) is 0 Å². The zero-order chi connectivity index (χ0) is 13.7. The molecule has 0 aromatic heterocycles. The van der Waals surface area contributed by atoms with E-state index in [0.717, 1.165) is 0 Å². The van der Waals surface area contributed by atoms with Gasteiger partial charge >= 0.3 is 0 Å². The number of aliphatic hydroxyl groups is 1. The molecule has 2 atom stereocenters. The van der Waals surface area contributed by atoms with E-state index in [-0.39, 0.29) is 30.1 Å². The summed E-state index contributed by atoms with van der Waals surface area (Å²) in [7, 11) is 0. The molecule has 4 heteroatoms. The number of carbonyl (C=O) groups is 1. The fraction of sp³-hybridized carbons (Fsp3) is 0.923. The Hall–Kier alpha value is -0.450. The Labute approximate surface area is 105 Å². The van der Waals surface area contributed by atoms with Crippen LogP contribution in [0.3, 0.4) is 0 Å². The van der Waals surface area contributed by atoms with Crippen molar-refractivity contribution in [2.45, 2.75) is 53.2 Å². The Bertz CT molecular complexity index is 244. The predicted molar refractivity (Wildman–Crippen MR) is 68.5 cm³/mol. The Morgan fingerprint density at radius 2 is 1.88 bits per heavy atom. The summed E-state index contributed by atoms with van der Waals surface area (Å²) in [6.07, 6.45) is 0.872. The van der Waals surface area contributed by atoms with Crippen molar-refractivity contribution < 1.29 is 14.6 Å². The van der Waals surface area contributed by atoms with Gasteiger partial charge in [0.15, 0.2) is 0 Å². The van der Waals surface area contributed by atoms with Crippen molar-refractivity contribution in [3.05, 3.63) is 0 Å². The number of ketones is 1. The third-order valence-corrected chi connectivity index (χ3v) is 3.07. The second-order valence-corrected chi connectivity index (χ2v) is 5.84. The van der Waals surface area contributed by atoms with E-state index in [0.29, 0.717) is 13.0 Å². The number of nitrogens with two attached hydrogens (primary N) is 1. The summed E-state index contributed by atoms with van der Waals surface area (Å²) in [5, 5.41) is 8.84. The first-order valence-corrected chi connectivity index (χ1v) is 6.20. The summed E-state index contributed by atoms with van der Waals surface area (Å²) >= 11 is 0. The normalized spacial score (nSPS) is 17.6. The van der Waals surface area contributed by atoms with Gasteiger partial charge in [0.2, 0.25) is 0 Å². The molecule has 0 spiro atoms. The zero-order valence-corrected chi connectivity index (χ0v) is 11.7. The van der Waals surface area contributed by atoms with Crippen LogP contribution in [0.5, 0.6) is 0 Å². The van der Waals surface area contributed by atoms with Crippen LogP contribution in [-0.4, -0.2) is 29.8 Å². The zero-order valence-electron chi connectivity index (χ0n) is 11.7. The molecule has 0 aromatic carbocycles. The van der Waals surface area contributed by atoms with Crippen LogP contribution in [0.1, 0.15) is 47.5 Å². The molecule has 0 fully saturated rings. The summed E-state index contributed by atoms with van der Waals surface area (Å²) in [6, 6.07) is 0. The van der Waals surface area contributed by atoms with Gasteiger partial charge in [-0.05, 0) is 18.8 Å². The van der Waals surface area contributed by atoms with Crippen molar-refractivity contribution >= 4 is 5.78 Å². The van der Waals surface area contributed by atoms with E-state index < -0.39 is 5.72 Å². The topological polar surface area (TPSA) is 72.5 Å². The number of carbonyl (C=O) groups excluding carboxylic acids is 1. The summed E-state index contributed by atoms with van der Waals surface area (Å²) in [4.78, 5) is 11.9. The van der Waals surface area contributed by atoms with Gasteiger partial charge in [0, 0.05) is 18.9 Å². The maximum atomic E-state index is 11.9. The largest absolute Gasteiger partial charge is 0.396 e. The molecule has 102 valence electrons. The number of rotatable bonds is 7. The van der Waals surface area contributed by atoms with Crippen LogP contribution in [0, 0.1) is 11.3 Å². The van der Waals surface area contributed by atoms with Crippen LogP contribution in [-0.2, 0) is 9.53 Å². The van der Waals surface area contributed by atoms with Gasteiger partial charge in [0.1, 0.15) is 11.5 Å². The fourth-order valence-corrected chi connectivity index (χ4v) is 1.49. The minimum atomic E-state index is -0.691. The SMILES string of the molecule is CCC(C)(N)OCC(C(=O)CCO)C(C)(C)C. The smallest absolute Gasteiger partial charge is 0.141 e. The van der Waals surface area contributed by atoms with Crippen molar-refractivity contribution in [1.29, 1.82) is 0 Å². The summed E-state index contributed by atoms with van der Waals surface area (Å²) in [6.45, 7) is 9.94. The standard InChI is InChI=1S/C13H27NO3/c1-6-13(5,14)17-9-10(12(2,3)4)11(16)7-8-15/h10,15H,6-9,14H2,1-5H3. The Kier molecular flexibility index (Phi) is 6.30. The highest BCUT2D eigenvalue weighted by atomic mass is 16.5. The monoisotopic (exact) mass is 245 g/mol. The lowest BCUT2D eigenvalue weighted by atomic mass is 9.78. The van der Waals surface area contributed by atoms with Gasteiger partial charge in [-0.2, -0.15) is 0 Å². The van der Waals surface area contributed by atoms with Crippen LogP contribution >= 0.6 is 0 Å². The molecule has 17 heavy (non-hydrogen) atoms. The molecule has 0 saturated carbocycles. The first-order valence-electron chi connectivity index (χ1n) is 6.20. The van der Waals surface area contributed by atoms with E-state index in [1.54, 1.807) is 0 Å². The highest BCUT2D eigenvalue weighted by Gasteiger charge is 2.32. The molecular formula is C13H27NO3. The van der Waals surface area contributed by atoms with Crippen LogP contribution in [0.4, 0.5) is 0 Å². The van der Waals surface area contributed by atoms with Gasteiger partial charge < -0.3 is 15.6 Å². The molecule has 0 rings (SSSR count). The van der Waals surface area contributed by atoms with E-state index in [4.69, 9.17) is 15.6 Å². The van der Waals surface area contributed by atoms with Crippen LogP contribution in [0.2, 0.25) is 0 Å². The molecule has 2 unspecified atom stereocenters. The van der Waals surface area contributed by atoms with Crippen molar-refractivity contribution in [3.63, 3.8) is 0 Å². The minimum absolute atomic E-state index is 0.0342. The van der Waals surface area contributed by atoms with Gasteiger partial charge in [-0.3, -0.25) is 4.79 Å². The van der Waals surface area contributed by atoms with E-state index >= 15 is 0 Å². The molecule has 0 aliphatic rings. The predicted octanol–water partition coefficient (Wildman–Crippen LogP) is 1.70. The summed E-state index contributed by atoms with van der Waals surface area (Å²) < 4.78 is 5.61. The fourth-order valence-electron chi connectivity index (χ4n) is 1.49. The molecule has 0 aliphatic carbocycles. The Balaban J connectivity index is 4.57. The number of hydrogen-bond acceptors (Lipinski definition) is 4.